The molecule has 0 saturated heterocycles. The van der Waals surface area contributed by atoms with E-state index in [0.29, 0.717) is 6.54 Å². The lowest BCUT2D eigenvalue weighted by Gasteiger charge is -2.04. The van der Waals surface area contributed by atoms with Crippen LogP contribution in [0.4, 0.5) is 0 Å². The molecule has 90 valence electrons. The Morgan fingerprint density at radius 3 is 2.94 bits per heavy atom. The number of benzene rings is 1. The van der Waals surface area contributed by atoms with Crippen LogP contribution in [0.5, 0.6) is 5.75 Å². The van der Waals surface area contributed by atoms with Gasteiger partial charge in [0, 0.05) is 17.4 Å². The van der Waals surface area contributed by atoms with E-state index < -0.39 is 0 Å². The fourth-order valence-electron chi connectivity index (χ4n) is 1.50. The lowest BCUT2D eigenvalue weighted by molar-refractivity contribution is 0.412. The number of halogens is 1. The van der Waals surface area contributed by atoms with E-state index in [9.17, 15) is 0 Å². The lowest BCUT2D eigenvalue weighted by Crippen LogP contribution is -2.02. The second kappa shape index (κ2) is 5.62. The second-order valence-electron chi connectivity index (χ2n) is 3.53. The number of rotatable bonds is 4. The number of hydrogen-bond acceptors (Lipinski definition) is 4. The minimum absolute atomic E-state index is 0.634. The Kier molecular flexibility index (Phi) is 4.15. The number of nitrogens with two attached hydrogens (primary N) is 1. The molecule has 2 aromatic rings. The van der Waals surface area contributed by atoms with E-state index in [1.807, 2.05) is 18.2 Å². The van der Waals surface area contributed by atoms with E-state index in [0.717, 1.165) is 32.9 Å². The fraction of sp³-hybridized carbons (Fsp3) is 0.250. The van der Waals surface area contributed by atoms with Gasteiger partial charge in [0.2, 0.25) is 0 Å². The summed E-state index contributed by atoms with van der Waals surface area (Å²) >= 11 is 5.11. The SMILES string of the molecule is COc1ccc(-c2nc(CCN)cs2)cc1Br. The number of nitrogens with zero attached hydrogens (tertiary/aromatic N) is 1. The minimum atomic E-state index is 0.634. The van der Waals surface area contributed by atoms with Crippen LogP contribution >= 0.6 is 27.3 Å². The molecule has 0 aliphatic carbocycles. The van der Waals surface area contributed by atoms with Crippen molar-refractivity contribution in [1.82, 2.24) is 4.98 Å². The Hall–Kier alpha value is -0.910. The molecular formula is C12H13BrN2OS. The highest BCUT2D eigenvalue weighted by Gasteiger charge is 2.07. The van der Waals surface area contributed by atoms with E-state index in [1.54, 1.807) is 18.4 Å². The molecule has 3 nitrogen and oxygen atoms in total. The van der Waals surface area contributed by atoms with Crippen LogP contribution in [-0.2, 0) is 6.42 Å². The zero-order valence-electron chi connectivity index (χ0n) is 9.44. The highest BCUT2D eigenvalue weighted by molar-refractivity contribution is 9.10. The number of ether oxygens (including phenoxy) is 1. The number of hydrogen-bond donors (Lipinski definition) is 1. The first kappa shape index (κ1) is 12.5. The van der Waals surface area contributed by atoms with Crippen molar-refractivity contribution in [2.45, 2.75) is 6.42 Å². The van der Waals surface area contributed by atoms with Crippen molar-refractivity contribution in [2.24, 2.45) is 5.73 Å². The van der Waals surface area contributed by atoms with Crippen LogP contribution in [0.2, 0.25) is 0 Å². The van der Waals surface area contributed by atoms with Gasteiger partial charge in [-0.05, 0) is 40.7 Å². The number of aromatic nitrogens is 1. The maximum Gasteiger partial charge on any atom is 0.133 e. The minimum Gasteiger partial charge on any atom is -0.496 e. The lowest BCUT2D eigenvalue weighted by atomic mass is 10.2. The predicted molar refractivity (Wildman–Crippen MR) is 74.6 cm³/mol. The van der Waals surface area contributed by atoms with Gasteiger partial charge in [-0.2, -0.15) is 0 Å². The molecule has 0 bridgehead atoms. The van der Waals surface area contributed by atoms with Gasteiger partial charge in [-0.15, -0.1) is 11.3 Å². The molecule has 5 heteroatoms. The first-order chi connectivity index (χ1) is 8.24. The van der Waals surface area contributed by atoms with E-state index in [1.165, 1.54) is 0 Å². The molecule has 0 saturated carbocycles. The van der Waals surface area contributed by atoms with Crippen molar-refractivity contribution >= 4 is 27.3 Å². The molecule has 0 fully saturated rings. The molecule has 0 unspecified atom stereocenters. The fourth-order valence-corrected chi connectivity index (χ4v) is 2.89. The van der Waals surface area contributed by atoms with Gasteiger partial charge in [-0.25, -0.2) is 4.98 Å². The molecular weight excluding hydrogens is 300 g/mol. The zero-order chi connectivity index (χ0) is 12.3. The van der Waals surface area contributed by atoms with Crippen LogP contribution in [0.3, 0.4) is 0 Å². The van der Waals surface area contributed by atoms with Gasteiger partial charge in [0.15, 0.2) is 0 Å². The van der Waals surface area contributed by atoms with Crippen molar-refractivity contribution < 1.29 is 4.74 Å². The molecule has 1 aromatic carbocycles. The molecule has 0 atom stereocenters. The average molecular weight is 313 g/mol. The summed E-state index contributed by atoms with van der Waals surface area (Å²) in [7, 11) is 1.66. The van der Waals surface area contributed by atoms with Crippen LogP contribution in [0, 0.1) is 0 Å². The van der Waals surface area contributed by atoms with Gasteiger partial charge in [0.05, 0.1) is 17.3 Å². The van der Waals surface area contributed by atoms with Gasteiger partial charge in [0.25, 0.3) is 0 Å². The smallest absolute Gasteiger partial charge is 0.133 e. The Morgan fingerprint density at radius 2 is 2.29 bits per heavy atom. The van der Waals surface area contributed by atoms with Crippen molar-refractivity contribution in [3.63, 3.8) is 0 Å². The quantitative estimate of drug-likeness (QED) is 0.943. The maximum atomic E-state index is 5.51. The molecule has 1 heterocycles. The van der Waals surface area contributed by atoms with Gasteiger partial charge in [-0.3, -0.25) is 0 Å². The van der Waals surface area contributed by atoms with Crippen molar-refractivity contribution in [3.05, 3.63) is 33.7 Å². The Bertz CT molecular complexity index is 513. The summed E-state index contributed by atoms with van der Waals surface area (Å²) in [4.78, 5) is 4.54. The van der Waals surface area contributed by atoms with E-state index in [-0.39, 0.29) is 0 Å². The molecule has 0 amide bonds. The maximum absolute atomic E-state index is 5.51. The van der Waals surface area contributed by atoms with Gasteiger partial charge >= 0.3 is 0 Å². The summed E-state index contributed by atoms with van der Waals surface area (Å²) in [5, 5.41) is 3.07. The Labute approximate surface area is 113 Å². The standard InChI is InChI=1S/C12H13BrN2OS/c1-16-11-3-2-8(6-10(11)13)12-15-9(4-5-14)7-17-12/h2-3,6-7H,4-5,14H2,1H3. The first-order valence-electron chi connectivity index (χ1n) is 5.23. The van der Waals surface area contributed by atoms with Crippen LogP contribution < -0.4 is 10.5 Å². The number of methoxy groups -OCH3 is 1. The largest absolute Gasteiger partial charge is 0.496 e. The third-order valence-electron chi connectivity index (χ3n) is 2.35. The van der Waals surface area contributed by atoms with Gasteiger partial charge < -0.3 is 10.5 Å². The monoisotopic (exact) mass is 312 g/mol. The van der Waals surface area contributed by atoms with E-state index in [2.05, 4.69) is 26.3 Å². The summed E-state index contributed by atoms with van der Waals surface area (Å²) in [6.07, 6.45) is 0.827. The van der Waals surface area contributed by atoms with Crippen molar-refractivity contribution in [1.29, 1.82) is 0 Å². The Balaban J connectivity index is 2.29. The number of thiazole rings is 1. The first-order valence-corrected chi connectivity index (χ1v) is 6.90. The van der Waals surface area contributed by atoms with Crippen molar-refractivity contribution in [2.75, 3.05) is 13.7 Å². The third-order valence-corrected chi connectivity index (χ3v) is 3.91. The molecule has 17 heavy (non-hydrogen) atoms. The average Bonchev–Trinajstić information content (AvgIpc) is 2.78. The molecule has 2 N–H and O–H groups in total. The summed E-state index contributed by atoms with van der Waals surface area (Å²) in [6, 6.07) is 5.96. The molecule has 0 aliphatic heterocycles. The van der Waals surface area contributed by atoms with Gasteiger partial charge in [-0.1, -0.05) is 0 Å². The topological polar surface area (TPSA) is 48.1 Å². The molecule has 0 aliphatic rings. The molecule has 0 spiro atoms. The van der Waals surface area contributed by atoms with Gasteiger partial charge in [0.1, 0.15) is 10.8 Å². The normalized spacial score (nSPS) is 10.5. The summed E-state index contributed by atoms with van der Waals surface area (Å²) < 4.78 is 6.14. The van der Waals surface area contributed by atoms with Crippen molar-refractivity contribution in [3.8, 4) is 16.3 Å². The summed E-state index contributed by atoms with van der Waals surface area (Å²) in [5.74, 6) is 0.826. The summed E-state index contributed by atoms with van der Waals surface area (Å²) in [5.41, 5.74) is 7.65. The molecule has 1 aromatic heterocycles. The van der Waals surface area contributed by atoms with Crippen LogP contribution in [-0.4, -0.2) is 18.6 Å². The van der Waals surface area contributed by atoms with E-state index in [4.69, 9.17) is 10.5 Å². The molecule has 0 radical (unpaired) electrons. The zero-order valence-corrected chi connectivity index (χ0v) is 11.8. The second-order valence-corrected chi connectivity index (χ2v) is 5.24. The van der Waals surface area contributed by atoms with Crippen LogP contribution in [0.15, 0.2) is 28.1 Å². The third kappa shape index (κ3) is 2.86. The van der Waals surface area contributed by atoms with E-state index >= 15 is 0 Å². The molecule has 2 rings (SSSR count). The van der Waals surface area contributed by atoms with Crippen LogP contribution in [0.1, 0.15) is 5.69 Å². The highest BCUT2D eigenvalue weighted by atomic mass is 79.9. The summed E-state index contributed by atoms with van der Waals surface area (Å²) in [6.45, 7) is 0.634. The highest BCUT2D eigenvalue weighted by Crippen LogP contribution is 2.31. The predicted octanol–water partition coefficient (Wildman–Crippen LogP) is 3.08. The van der Waals surface area contributed by atoms with Crippen LogP contribution in [0.25, 0.3) is 10.6 Å². The Morgan fingerprint density at radius 1 is 1.47 bits per heavy atom.